The molecule has 0 spiro atoms. The van der Waals surface area contributed by atoms with Crippen LogP contribution in [0.4, 0.5) is 5.82 Å². The van der Waals surface area contributed by atoms with Gasteiger partial charge >= 0.3 is 0 Å². The summed E-state index contributed by atoms with van der Waals surface area (Å²) in [6.07, 6.45) is 1.49. The lowest BCUT2D eigenvalue weighted by Gasteiger charge is -2.08. The average molecular weight is 272 g/mol. The van der Waals surface area contributed by atoms with Crippen molar-refractivity contribution in [2.75, 3.05) is 5.43 Å². The van der Waals surface area contributed by atoms with E-state index in [-0.39, 0.29) is 0 Å². The third kappa shape index (κ3) is 2.51. The number of nitrogen functional groups attached to an aromatic ring is 1. The number of nitrogens with zero attached hydrogens (tertiary/aromatic N) is 3. The van der Waals surface area contributed by atoms with Crippen LogP contribution in [0.1, 0.15) is 5.56 Å². The van der Waals surface area contributed by atoms with E-state index in [1.54, 1.807) is 11.8 Å². The molecule has 6 nitrogen and oxygen atoms in total. The van der Waals surface area contributed by atoms with Crippen LogP contribution in [0.3, 0.4) is 0 Å². The van der Waals surface area contributed by atoms with E-state index in [9.17, 15) is 0 Å². The van der Waals surface area contributed by atoms with Gasteiger partial charge in [0.2, 0.25) is 0 Å². The number of aromatic amines is 1. The number of rotatable bonds is 4. The predicted octanol–water partition coefficient (Wildman–Crippen LogP) is 1.93. The fourth-order valence-corrected chi connectivity index (χ4v) is 2.56. The Hall–Kier alpha value is -2.12. The van der Waals surface area contributed by atoms with Crippen molar-refractivity contribution >= 4 is 28.5 Å². The molecule has 0 unspecified atom stereocenters. The van der Waals surface area contributed by atoms with E-state index in [2.05, 4.69) is 31.7 Å². The molecule has 2 heterocycles. The Morgan fingerprint density at radius 2 is 2.21 bits per heavy atom. The van der Waals surface area contributed by atoms with Crippen molar-refractivity contribution in [2.24, 2.45) is 5.84 Å². The zero-order valence-corrected chi connectivity index (χ0v) is 10.8. The van der Waals surface area contributed by atoms with Crippen LogP contribution in [-0.4, -0.2) is 20.2 Å². The Labute approximate surface area is 113 Å². The predicted molar refractivity (Wildman–Crippen MR) is 75.5 cm³/mol. The molecule has 0 aliphatic rings. The summed E-state index contributed by atoms with van der Waals surface area (Å²) >= 11 is 1.55. The minimum absolute atomic E-state index is 0.686. The van der Waals surface area contributed by atoms with Gasteiger partial charge in [0.25, 0.3) is 0 Å². The molecule has 0 aliphatic carbocycles. The normalized spacial score (nSPS) is 10.8. The van der Waals surface area contributed by atoms with E-state index in [1.165, 1.54) is 6.33 Å². The van der Waals surface area contributed by atoms with Gasteiger partial charge in [0, 0.05) is 16.7 Å². The number of hydrogen-bond acceptors (Lipinski definition) is 6. The maximum Gasteiger partial charge on any atom is 0.183 e. The van der Waals surface area contributed by atoms with Crippen LogP contribution in [0.2, 0.25) is 0 Å². The molecule has 0 atom stereocenters. The first-order chi connectivity index (χ1) is 9.36. The third-order valence-corrected chi connectivity index (χ3v) is 3.62. The molecule has 0 fully saturated rings. The van der Waals surface area contributed by atoms with E-state index < -0.39 is 0 Å². The van der Waals surface area contributed by atoms with Crippen LogP contribution >= 0.6 is 11.8 Å². The minimum atomic E-state index is 0.686. The molecule has 0 saturated carbocycles. The SMILES string of the molecule is NNc1nc2ccccc2cc1CSc1ncn[nH]1. The van der Waals surface area contributed by atoms with Crippen LogP contribution in [0.15, 0.2) is 41.8 Å². The monoisotopic (exact) mass is 272 g/mol. The summed E-state index contributed by atoms with van der Waals surface area (Å²) in [6, 6.07) is 10.0. The number of hydrazine groups is 1. The van der Waals surface area contributed by atoms with Gasteiger partial charge < -0.3 is 5.43 Å². The second-order valence-electron chi connectivity index (χ2n) is 3.91. The van der Waals surface area contributed by atoms with Crippen LogP contribution in [-0.2, 0) is 5.75 Å². The van der Waals surface area contributed by atoms with Gasteiger partial charge in [-0.05, 0) is 12.1 Å². The number of H-pyrrole nitrogens is 1. The molecule has 0 bridgehead atoms. The third-order valence-electron chi connectivity index (χ3n) is 2.70. The van der Waals surface area contributed by atoms with E-state index in [0.29, 0.717) is 11.6 Å². The largest absolute Gasteiger partial charge is 0.308 e. The van der Waals surface area contributed by atoms with Gasteiger partial charge in [0.1, 0.15) is 12.1 Å². The summed E-state index contributed by atoms with van der Waals surface area (Å²) in [7, 11) is 0. The molecule has 96 valence electrons. The van der Waals surface area contributed by atoms with Gasteiger partial charge in [-0.25, -0.2) is 15.8 Å². The topological polar surface area (TPSA) is 92.5 Å². The first kappa shape index (κ1) is 11.9. The number of anilines is 1. The van der Waals surface area contributed by atoms with Gasteiger partial charge in [0.15, 0.2) is 5.16 Å². The summed E-state index contributed by atoms with van der Waals surface area (Å²) in [4.78, 5) is 8.57. The lowest BCUT2D eigenvalue weighted by Crippen LogP contribution is -2.11. The summed E-state index contributed by atoms with van der Waals surface area (Å²) in [5.74, 6) is 6.93. The van der Waals surface area contributed by atoms with Crippen molar-refractivity contribution in [3.05, 3.63) is 42.2 Å². The number of pyridine rings is 1. The number of para-hydroxylation sites is 1. The standard InChI is InChI=1S/C12H12N6S/c13-17-11-9(6-19-12-14-7-15-18-12)5-8-3-1-2-4-10(8)16-11/h1-5,7H,6,13H2,(H,16,17)(H,14,15,18). The smallest absolute Gasteiger partial charge is 0.183 e. The molecular formula is C12H12N6S. The van der Waals surface area contributed by atoms with Gasteiger partial charge in [-0.15, -0.1) is 0 Å². The van der Waals surface area contributed by atoms with Crippen LogP contribution in [0.5, 0.6) is 0 Å². The fraction of sp³-hybridized carbons (Fsp3) is 0.0833. The van der Waals surface area contributed by atoms with E-state index in [1.807, 2.05) is 24.3 Å². The van der Waals surface area contributed by atoms with E-state index >= 15 is 0 Å². The molecule has 7 heteroatoms. The average Bonchev–Trinajstić information content (AvgIpc) is 2.97. The molecule has 3 rings (SSSR count). The highest BCUT2D eigenvalue weighted by Gasteiger charge is 2.07. The zero-order chi connectivity index (χ0) is 13.1. The van der Waals surface area contributed by atoms with Crippen molar-refractivity contribution < 1.29 is 0 Å². The fourth-order valence-electron chi connectivity index (χ4n) is 1.80. The van der Waals surface area contributed by atoms with Gasteiger partial charge in [-0.1, -0.05) is 30.0 Å². The number of aromatic nitrogens is 4. The van der Waals surface area contributed by atoms with Crippen molar-refractivity contribution in [3.8, 4) is 0 Å². The van der Waals surface area contributed by atoms with Gasteiger partial charge in [-0.2, -0.15) is 5.10 Å². The highest BCUT2D eigenvalue weighted by atomic mass is 32.2. The van der Waals surface area contributed by atoms with Crippen molar-refractivity contribution in [2.45, 2.75) is 10.9 Å². The number of thioether (sulfide) groups is 1. The number of nitrogens with two attached hydrogens (primary N) is 1. The van der Waals surface area contributed by atoms with E-state index in [0.717, 1.165) is 21.6 Å². The molecule has 0 amide bonds. The number of nitrogens with one attached hydrogen (secondary N) is 2. The number of benzene rings is 1. The molecule has 1 aromatic carbocycles. The summed E-state index contributed by atoms with van der Waals surface area (Å²) in [5.41, 5.74) is 4.60. The van der Waals surface area contributed by atoms with Crippen molar-refractivity contribution in [3.63, 3.8) is 0 Å². The maximum absolute atomic E-state index is 5.53. The highest BCUT2D eigenvalue weighted by Crippen LogP contribution is 2.25. The Kier molecular flexibility index (Phi) is 3.30. The van der Waals surface area contributed by atoms with E-state index in [4.69, 9.17) is 5.84 Å². The molecule has 2 aromatic heterocycles. The molecular weight excluding hydrogens is 260 g/mol. The molecule has 19 heavy (non-hydrogen) atoms. The van der Waals surface area contributed by atoms with Crippen molar-refractivity contribution in [1.29, 1.82) is 0 Å². The summed E-state index contributed by atoms with van der Waals surface area (Å²) in [5, 5.41) is 8.49. The Balaban J connectivity index is 1.92. The highest BCUT2D eigenvalue weighted by molar-refractivity contribution is 7.98. The molecule has 0 radical (unpaired) electrons. The van der Waals surface area contributed by atoms with Gasteiger partial charge in [0.05, 0.1) is 5.52 Å². The molecule has 4 N–H and O–H groups in total. The number of hydrogen-bond donors (Lipinski definition) is 3. The quantitative estimate of drug-likeness (QED) is 0.382. The second kappa shape index (κ2) is 5.25. The lowest BCUT2D eigenvalue weighted by molar-refractivity contribution is 0.972. The lowest BCUT2D eigenvalue weighted by atomic mass is 10.1. The summed E-state index contributed by atoms with van der Waals surface area (Å²) < 4.78 is 0. The minimum Gasteiger partial charge on any atom is -0.308 e. The van der Waals surface area contributed by atoms with Gasteiger partial charge in [-0.3, -0.25) is 5.10 Å². The van der Waals surface area contributed by atoms with Crippen LogP contribution < -0.4 is 11.3 Å². The molecule has 3 aromatic rings. The second-order valence-corrected chi connectivity index (χ2v) is 4.88. The maximum atomic E-state index is 5.53. The first-order valence-corrected chi connectivity index (χ1v) is 6.69. The zero-order valence-electron chi connectivity index (χ0n) is 10.00. The Bertz CT molecular complexity index is 682. The molecule has 0 saturated heterocycles. The summed E-state index contributed by atoms with van der Waals surface area (Å²) in [6.45, 7) is 0. The molecule has 0 aliphatic heterocycles. The van der Waals surface area contributed by atoms with Crippen molar-refractivity contribution in [1.82, 2.24) is 20.2 Å². The first-order valence-electron chi connectivity index (χ1n) is 5.70. The van der Waals surface area contributed by atoms with Crippen LogP contribution in [0.25, 0.3) is 10.9 Å². The number of fused-ring (bicyclic) bond motifs is 1. The Morgan fingerprint density at radius 1 is 1.32 bits per heavy atom. The Morgan fingerprint density at radius 3 is 3.00 bits per heavy atom. The van der Waals surface area contributed by atoms with Crippen LogP contribution in [0, 0.1) is 0 Å².